The van der Waals surface area contributed by atoms with E-state index in [1.165, 1.54) is 12.1 Å². The molecular weight excluding hydrogens is 300 g/mol. The van der Waals surface area contributed by atoms with Crippen LogP contribution >= 0.6 is 15.9 Å². The molecule has 6 heteroatoms. The average Bonchev–Trinajstić information content (AvgIpc) is 2.29. The summed E-state index contributed by atoms with van der Waals surface area (Å²) < 4.78 is 0.721. The summed E-state index contributed by atoms with van der Waals surface area (Å²) >= 11 is 3.37. The molecule has 0 unspecified atom stereocenters. The number of hydrogen-bond donors (Lipinski definition) is 1. The molecular formula is C12H15BrN2O3. The van der Waals surface area contributed by atoms with Gasteiger partial charge in [-0.2, -0.15) is 0 Å². The van der Waals surface area contributed by atoms with Gasteiger partial charge in [0, 0.05) is 29.7 Å². The summed E-state index contributed by atoms with van der Waals surface area (Å²) in [5.74, 6) is 0. The number of non-ortho nitro benzene ring substituents is 1. The fraction of sp³-hybridized carbons (Fsp3) is 0.500. The fourth-order valence-electron chi connectivity index (χ4n) is 2.10. The SMILES string of the molecule is CC1(O)CCN(c2ccc([N+](=O)[O-])cc2Br)CC1. The van der Waals surface area contributed by atoms with E-state index in [-0.39, 0.29) is 5.69 Å². The number of nitro groups is 1. The van der Waals surface area contributed by atoms with Gasteiger partial charge in [0.25, 0.3) is 5.69 Å². The minimum Gasteiger partial charge on any atom is -0.390 e. The van der Waals surface area contributed by atoms with Crippen LogP contribution in [0.25, 0.3) is 0 Å². The highest BCUT2D eigenvalue weighted by Crippen LogP contribution is 2.33. The first-order valence-electron chi connectivity index (χ1n) is 5.80. The van der Waals surface area contributed by atoms with Gasteiger partial charge in [-0.1, -0.05) is 0 Å². The lowest BCUT2D eigenvalue weighted by Gasteiger charge is -2.37. The smallest absolute Gasteiger partial charge is 0.270 e. The molecule has 1 N–H and O–H groups in total. The zero-order valence-corrected chi connectivity index (χ0v) is 11.7. The van der Waals surface area contributed by atoms with Crippen LogP contribution in [0.1, 0.15) is 19.8 Å². The number of nitro benzene ring substituents is 1. The highest BCUT2D eigenvalue weighted by molar-refractivity contribution is 9.10. The van der Waals surface area contributed by atoms with Gasteiger partial charge < -0.3 is 10.0 Å². The number of aliphatic hydroxyl groups is 1. The number of halogens is 1. The molecule has 1 aliphatic heterocycles. The molecule has 1 saturated heterocycles. The van der Waals surface area contributed by atoms with Crippen molar-refractivity contribution in [3.8, 4) is 0 Å². The zero-order valence-electron chi connectivity index (χ0n) is 10.1. The molecule has 1 aromatic rings. The van der Waals surface area contributed by atoms with E-state index in [0.717, 1.165) is 23.2 Å². The molecule has 0 atom stereocenters. The highest BCUT2D eigenvalue weighted by Gasteiger charge is 2.28. The van der Waals surface area contributed by atoms with E-state index in [0.29, 0.717) is 12.8 Å². The van der Waals surface area contributed by atoms with E-state index in [1.54, 1.807) is 6.07 Å². The standard InChI is InChI=1S/C12H15BrN2O3/c1-12(16)4-6-14(7-5-12)11-3-2-9(15(17)18)8-10(11)13/h2-3,8,16H,4-7H2,1H3. The van der Waals surface area contributed by atoms with Crippen LogP contribution in [-0.4, -0.2) is 28.7 Å². The Balaban J connectivity index is 2.17. The molecule has 0 bridgehead atoms. The van der Waals surface area contributed by atoms with Gasteiger partial charge in [0.2, 0.25) is 0 Å². The van der Waals surface area contributed by atoms with Crippen molar-refractivity contribution in [1.82, 2.24) is 0 Å². The summed E-state index contributed by atoms with van der Waals surface area (Å²) in [6, 6.07) is 4.77. The Kier molecular flexibility index (Phi) is 3.59. The van der Waals surface area contributed by atoms with Gasteiger partial charge in [0.15, 0.2) is 0 Å². The third-order valence-electron chi connectivity index (χ3n) is 3.32. The quantitative estimate of drug-likeness (QED) is 0.673. The maximum atomic E-state index is 10.7. The van der Waals surface area contributed by atoms with Crippen molar-refractivity contribution in [2.75, 3.05) is 18.0 Å². The number of nitrogens with zero attached hydrogens (tertiary/aromatic N) is 2. The monoisotopic (exact) mass is 314 g/mol. The Labute approximate surface area is 114 Å². The second-order valence-electron chi connectivity index (χ2n) is 4.88. The molecule has 2 rings (SSSR count). The normalized spacial score (nSPS) is 18.7. The molecule has 98 valence electrons. The van der Waals surface area contributed by atoms with E-state index in [1.807, 2.05) is 6.92 Å². The third-order valence-corrected chi connectivity index (χ3v) is 3.96. The lowest BCUT2D eigenvalue weighted by atomic mass is 9.93. The molecule has 1 heterocycles. The Morgan fingerprint density at radius 2 is 2.06 bits per heavy atom. The van der Waals surface area contributed by atoms with Crippen LogP contribution in [0.3, 0.4) is 0 Å². The summed E-state index contributed by atoms with van der Waals surface area (Å²) in [7, 11) is 0. The molecule has 18 heavy (non-hydrogen) atoms. The third kappa shape index (κ3) is 2.81. The molecule has 0 aromatic heterocycles. The van der Waals surface area contributed by atoms with E-state index in [2.05, 4.69) is 20.8 Å². The number of hydrogen-bond acceptors (Lipinski definition) is 4. The van der Waals surface area contributed by atoms with Crippen molar-refractivity contribution in [3.63, 3.8) is 0 Å². The Hall–Kier alpha value is -1.14. The molecule has 1 fully saturated rings. The van der Waals surface area contributed by atoms with Crippen LogP contribution in [-0.2, 0) is 0 Å². The highest BCUT2D eigenvalue weighted by atomic mass is 79.9. The van der Waals surface area contributed by atoms with Gasteiger partial charge in [-0.15, -0.1) is 0 Å². The van der Waals surface area contributed by atoms with Crippen molar-refractivity contribution >= 4 is 27.3 Å². The van der Waals surface area contributed by atoms with Gasteiger partial charge >= 0.3 is 0 Å². The first-order valence-corrected chi connectivity index (χ1v) is 6.60. The summed E-state index contributed by atoms with van der Waals surface area (Å²) in [5, 5.41) is 20.6. The van der Waals surface area contributed by atoms with Crippen LogP contribution in [0.2, 0.25) is 0 Å². The van der Waals surface area contributed by atoms with Gasteiger partial charge in [0.1, 0.15) is 0 Å². The summed E-state index contributed by atoms with van der Waals surface area (Å²) in [6.45, 7) is 3.35. The number of rotatable bonds is 2. The van der Waals surface area contributed by atoms with Crippen LogP contribution in [0.4, 0.5) is 11.4 Å². The van der Waals surface area contributed by atoms with E-state index >= 15 is 0 Å². The molecule has 5 nitrogen and oxygen atoms in total. The predicted molar refractivity (Wildman–Crippen MR) is 72.9 cm³/mol. The van der Waals surface area contributed by atoms with Gasteiger partial charge in [0.05, 0.1) is 16.2 Å². The maximum Gasteiger partial charge on any atom is 0.270 e. The van der Waals surface area contributed by atoms with E-state index in [9.17, 15) is 15.2 Å². The molecule has 0 spiro atoms. The Morgan fingerprint density at radius 3 is 2.56 bits per heavy atom. The molecule has 0 aliphatic carbocycles. The van der Waals surface area contributed by atoms with Crippen molar-refractivity contribution in [1.29, 1.82) is 0 Å². The zero-order chi connectivity index (χ0) is 13.3. The van der Waals surface area contributed by atoms with Crippen LogP contribution in [0.5, 0.6) is 0 Å². The lowest BCUT2D eigenvalue weighted by Crippen LogP contribution is -2.42. The number of piperidine rings is 1. The minimum atomic E-state index is -0.593. The summed E-state index contributed by atoms with van der Waals surface area (Å²) in [4.78, 5) is 12.4. The number of anilines is 1. The van der Waals surface area contributed by atoms with Crippen molar-refractivity contribution in [2.24, 2.45) is 0 Å². The van der Waals surface area contributed by atoms with Gasteiger partial charge in [-0.25, -0.2) is 0 Å². The lowest BCUT2D eigenvalue weighted by molar-refractivity contribution is -0.384. The van der Waals surface area contributed by atoms with Gasteiger partial charge in [-0.3, -0.25) is 10.1 Å². The van der Waals surface area contributed by atoms with Crippen LogP contribution in [0.15, 0.2) is 22.7 Å². The van der Waals surface area contributed by atoms with Crippen molar-refractivity contribution in [3.05, 3.63) is 32.8 Å². The van der Waals surface area contributed by atoms with Crippen molar-refractivity contribution < 1.29 is 10.0 Å². The molecule has 1 aliphatic rings. The molecule has 0 radical (unpaired) electrons. The summed E-state index contributed by atoms with van der Waals surface area (Å²) in [6.07, 6.45) is 1.41. The first-order chi connectivity index (χ1) is 8.39. The predicted octanol–water partition coefficient (Wildman–Crippen LogP) is 2.71. The second-order valence-corrected chi connectivity index (χ2v) is 5.73. The largest absolute Gasteiger partial charge is 0.390 e. The van der Waals surface area contributed by atoms with E-state index in [4.69, 9.17) is 0 Å². The van der Waals surface area contributed by atoms with Crippen LogP contribution < -0.4 is 4.90 Å². The van der Waals surface area contributed by atoms with Gasteiger partial charge in [-0.05, 0) is 41.8 Å². The molecule has 1 aromatic carbocycles. The Morgan fingerprint density at radius 1 is 1.44 bits per heavy atom. The number of benzene rings is 1. The summed E-state index contributed by atoms with van der Waals surface area (Å²) in [5.41, 5.74) is 0.426. The topological polar surface area (TPSA) is 66.6 Å². The average molecular weight is 315 g/mol. The maximum absolute atomic E-state index is 10.7. The Bertz CT molecular complexity index is 466. The van der Waals surface area contributed by atoms with Crippen LogP contribution in [0, 0.1) is 10.1 Å². The molecule has 0 amide bonds. The minimum absolute atomic E-state index is 0.0784. The first kappa shape index (κ1) is 13.3. The van der Waals surface area contributed by atoms with Crippen molar-refractivity contribution in [2.45, 2.75) is 25.4 Å². The molecule has 0 saturated carbocycles. The van der Waals surface area contributed by atoms with E-state index < -0.39 is 10.5 Å². The fourth-order valence-corrected chi connectivity index (χ4v) is 2.71. The second kappa shape index (κ2) is 4.85.